The van der Waals surface area contributed by atoms with Crippen molar-refractivity contribution in [2.24, 2.45) is 0 Å². The lowest BCUT2D eigenvalue weighted by atomic mass is 10.4. The Labute approximate surface area is 91.3 Å². The standard InChI is InChI=1S/C9H18N4.ClH/c1-4-5-11-9-8(10)6-13(12-9)7(2)3;/h6-7H,4-5,10H2,1-3H3,(H,11,12);1H. The van der Waals surface area contributed by atoms with E-state index in [1.165, 1.54) is 0 Å². The molecule has 0 bridgehead atoms. The maximum absolute atomic E-state index is 5.77. The zero-order chi connectivity index (χ0) is 9.84. The third kappa shape index (κ3) is 3.10. The highest BCUT2D eigenvalue weighted by Crippen LogP contribution is 2.17. The summed E-state index contributed by atoms with van der Waals surface area (Å²) in [5.74, 6) is 0.801. The van der Waals surface area contributed by atoms with E-state index < -0.39 is 0 Å². The van der Waals surface area contributed by atoms with Crippen molar-refractivity contribution in [3.05, 3.63) is 6.20 Å². The first-order valence-electron chi connectivity index (χ1n) is 4.73. The fourth-order valence-electron chi connectivity index (χ4n) is 1.05. The topological polar surface area (TPSA) is 55.9 Å². The first-order valence-corrected chi connectivity index (χ1v) is 4.73. The van der Waals surface area contributed by atoms with Crippen molar-refractivity contribution in [1.82, 2.24) is 9.78 Å². The molecule has 5 heteroatoms. The fraction of sp³-hybridized carbons (Fsp3) is 0.667. The average molecular weight is 219 g/mol. The smallest absolute Gasteiger partial charge is 0.171 e. The highest BCUT2D eigenvalue weighted by molar-refractivity contribution is 5.85. The lowest BCUT2D eigenvalue weighted by molar-refractivity contribution is 0.534. The van der Waals surface area contributed by atoms with Gasteiger partial charge in [-0.15, -0.1) is 12.4 Å². The molecule has 0 aliphatic heterocycles. The van der Waals surface area contributed by atoms with Crippen molar-refractivity contribution in [2.75, 3.05) is 17.6 Å². The number of aromatic nitrogens is 2. The summed E-state index contributed by atoms with van der Waals surface area (Å²) in [4.78, 5) is 0. The van der Waals surface area contributed by atoms with E-state index in [1.54, 1.807) is 0 Å². The van der Waals surface area contributed by atoms with Crippen LogP contribution >= 0.6 is 12.4 Å². The van der Waals surface area contributed by atoms with Crippen molar-refractivity contribution in [2.45, 2.75) is 33.2 Å². The summed E-state index contributed by atoms with van der Waals surface area (Å²) in [6.07, 6.45) is 2.94. The third-order valence-electron chi connectivity index (χ3n) is 1.83. The molecule has 0 radical (unpaired) electrons. The summed E-state index contributed by atoms with van der Waals surface area (Å²) >= 11 is 0. The van der Waals surface area contributed by atoms with E-state index in [0.29, 0.717) is 6.04 Å². The predicted octanol–water partition coefficient (Wildman–Crippen LogP) is 2.29. The maximum atomic E-state index is 5.77. The number of halogens is 1. The second-order valence-corrected chi connectivity index (χ2v) is 3.43. The molecule has 0 atom stereocenters. The molecule has 1 rings (SSSR count). The molecule has 14 heavy (non-hydrogen) atoms. The quantitative estimate of drug-likeness (QED) is 0.816. The van der Waals surface area contributed by atoms with Gasteiger partial charge in [0.1, 0.15) is 0 Å². The number of nitrogens with two attached hydrogens (primary N) is 1. The van der Waals surface area contributed by atoms with Crippen molar-refractivity contribution in [3.8, 4) is 0 Å². The van der Waals surface area contributed by atoms with Gasteiger partial charge < -0.3 is 11.1 Å². The molecule has 0 spiro atoms. The Morgan fingerprint density at radius 1 is 1.57 bits per heavy atom. The molecule has 0 saturated heterocycles. The van der Waals surface area contributed by atoms with Crippen LogP contribution in [-0.2, 0) is 0 Å². The van der Waals surface area contributed by atoms with Crippen LogP contribution in [0.3, 0.4) is 0 Å². The van der Waals surface area contributed by atoms with Crippen LogP contribution < -0.4 is 11.1 Å². The molecule has 0 aliphatic rings. The summed E-state index contributed by atoms with van der Waals surface area (Å²) in [5, 5.41) is 7.51. The highest BCUT2D eigenvalue weighted by atomic mass is 35.5. The molecule has 0 saturated carbocycles. The van der Waals surface area contributed by atoms with E-state index >= 15 is 0 Å². The minimum atomic E-state index is 0. The molecule has 0 aromatic carbocycles. The van der Waals surface area contributed by atoms with Crippen LogP contribution in [0.1, 0.15) is 33.2 Å². The largest absolute Gasteiger partial charge is 0.394 e. The van der Waals surface area contributed by atoms with Gasteiger partial charge in [0, 0.05) is 12.6 Å². The maximum Gasteiger partial charge on any atom is 0.171 e. The molecule has 1 aromatic heterocycles. The normalized spacial score (nSPS) is 10.0. The van der Waals surface area contributed by atoms with Crippen LogP contribution in [0.25, 0.3) is 0 Å². The van der Waals surface area contributed by atoms with Gasteiger partial charge >= 0.3 is 0 Å². The molecular formula is C9H19ClN4. The predicted molar refractivity (Wildman–Crippen MR) is 63.1 cm³/mol. The number of rotatable bonds is 4. The summed E-state index contributed by atoms with van der Waals surface area (Å²) in [6, 6.07) is 0.361. The van der Waals surface area contributed by atoms with E-state index in [1.807, 2.05) is 10.9 Å². The van der Waals surface area contributed by atoms with Gasteiger partial charge in [-0.1, -0.05) is 6.92 Å². The molecule has 1 heterocycles. The Morgan fingerprint density at radius 3 is 2.64 bits per heavy atom. The van der Waals surface area contributed by atoms with E-state index in [-0.39, 0.29) is 12.4 Å². The Kier molecular flexibility index (Phi) is 5.38. The van der Waals surface area contributed by atoms with E-state index in [2.05, 4.69) is 31.2 Å². The number of nitrogens with one attached hydrogen (secondary N) is 1. The Morgan fingerprint density at radius 2 is 2.21 bits per heavy atom. The molecule has 3 N–H and O–H groups in total. The summed E-state index contributed by atoms with van der Waals surface area (Å²) in [7, 11) is 0. The van der Waals surface area contributed by atoms with Gasteiger partial charge in [0.15, 0.2) is 5.82 Å². The van der Waals surface area contributed by atoms with Crippen molar-refractivity contribution in [1.29, 1.82) is 0 Å². The first-order chi connectivity index (χ1) is 6.15. The molecule has 1 aromatic rings. The van der Waals surface area contributed by atoms with Gasteiger partial charge in [0.05, 0.1) is 11.9 Å². The van der Waals surface area contributed by atoms with E-state index in [0.717, 1.165) is 24.5 Å². The van der Waals surface area contributed by atoms with Crippen LogP contribution in [0, 0.1) is 0 Å². The van der Waals surface area contributed by atoms with Crippen molar-refractivity contribution in [3.63, 3.8) is 0 Å². The molecule has 0 unspecified atom stereocenters. The SMILES string of the molecule is CCCNc1nn(C(C)C)cc1N.Cl. The summed E-state index contributed by atoms with van der Waals surface area (Å²) in [6.45, 7) is 7.19. The molecule has 0 fully saturated rings. The van der Waals surface area contributed by atoms with E-state index in [9.17, 15) is 0 Å². The molecule has 82 valence electrons. The van der Waals surface area contributed by atoms with Gasteiger partial charge in [-0.25, -0.2) is 0 Å². The van der Waals surface area contributed by atoms with Gasteiger partial charge in [-0.05, 0) is 20.3 Å². The number of nitrogens with zero attached hydrogens (tertiary/aromatic N) is 2. The monoisotopic (exact) mass is 218 g/mol. The average Bonchev–Trinajstić information content (AvgIpc) is 2.44. The van der Waals surface area contributed by atoms with Crippen molar-refractivity contribution >= 4 is 23.9 Å². The van der Waals surface area contributed by atoms with Gasteiger partial charge in [-0.3, -0.25) is 4.68 Å². The zero-order valence-electron chi connectivity index (χ0n) is 8.95. The first kappa shape index (κ1) is 13.1. The van der Waals surface area contributed by atoms with Gasteiger partial charge in [-0.2, -0.15) is 5.10 Å². The zero-order valence-corrected chi connectivity index (χ0v) is 9.77. The molecule has 4 nitrogen and oxygen atoms in total. The van der Waals surface area contributed by atoms with Crippen LogP contribution in [0.2, 0.25) is 0 Å². The van der Waals surface area contributed by atoms with Gasteiger partial charge in [0.2, 0.25) is 0 Å². The second-order valence-electron chi connectivity index (χ2n) is 3.43. The minimum absolute atomic E-state index is 0. The third-order valence-corrected chi connectivity index (χ3v) is 1.83. The number of nitrogen functional groups attached to an aromatic ring is 1. The van der Waals surface area contributed by atoms with Crippen LogP contribution in [0.4, 0.5) is 11.5 Å². The highest BCUT2D eigenvalue weighted by Gasteiger charge is 2.06. The molecule has 0 amide bonds. The Bertz CT molecular complexity index is 270. The minimum Gasteiger partial charge on any atom is -0.394 e. The summed E-state index contributed by atoms with van der Waals surface area (Å²) < 4.78 is 1.87. The summed E-state index contributed by atoms with van der Waals surface area (Å²) in [5.41, 5.74) is 6.50. The van der Waals surface area contributed by atoms with Crippen molar-refractivity contribution < 1.29 is 0 Å². The van der Waals surface area contributed by atoms with Gasteiger partial charge in [0.25, 0.3) is 0 Å². The Hall–Kier alpha value is -0.900. The van der Waals surface area contributed by atoms with Crippen LogP contribution in [0.15, 0.2) is 6.20 Å². The van der Waals surface area contributed by atoms with Crippen LogP contribution in [-0.4, -0.2) is 16.3 Å². The number of hydrogen-bond donors (Lipinski definition) is 2. The Balaban J connectivity index is 0.00000169. The van der Waals surface area contributed by atoms with Crippen LogP contribution in [0.5, 0.6) is 0 Å². The lowest BCUT2D eigenvalue weighted by Crippen LogP contribution is -2.04. The number of hydrogen-bond acceptors (Lipinski definition) is 3. The molecule has 0 aliphatic carbocycles. The molecular weight excluding hydrogens is 200 g/mol. The van der Waals surface area contributed by atoms with E-state index in [4.69, 9.17) is 5.73 Å². The number of anilines is 2. The second kappa shape index (κ2) is 5.75. The fourth-order valence-corrected chi connectivity index (χ4v) is 1.05. The lowest BCUT2D eigenvalue weighted by Gasteiger charge is -2.03.